The maximum atomic E-state index is 13.1. The SMILES string of the molecule is C=S(N)(=O)c1ccc(-n2nc(C(=O)N(C)CCc3ccccc3)nc2Cc2ccccc2)cc1. The van der Waals surface area contributed by atoms with E-state index in [1.807, 2.05) is 60.7 Å². The van der Waals surface area contributed by atoms with Crippen molar-refractivity contribution in [2.75, 3.05) is 13.6 Å². The number of aromatic nitrogens is 3. The van der Waals surface area contributed by atoms with Crippen molar-refractivity contribution in [1.82, 2.24) is 19.7 Å². The summed E-state index contributed by atoms with van der Waals surface area (Å²) >= 11 is 0. The minimum Gasteiger partial charge on any atom is -0.339 e. The fraction of sp³-hybridized carbons (Fsp3) is 0.154. The van der Waals surface area contributed by atoms with Gasteiger partial charge in [-0.2, -0.15) is 0 Å². The van der Waals surface area contributed by atoms with Crippen LogP contribution in [0, 0.1) is 0 Å². The topological polar surface area (TPSA) is 94.1 Å². The molecular weight excluding hydrogens is 446 g/mol. The molecule has 174 valence electrons. The van der Waals surface area contributed by atoms with Crippen LogP contribution in [0.5, 0.6) is 0 Å². The molecule has 0 aliphatic rings. The third kappa shape index (κ3) is 5.59. The van der Waals surface area contributed by atoms with Gasteiger partial charge in [0.2, 0.25) is 5.82 Å². The number of amides is 1. The normalized spacial score (nSPS) is 12.8. The van der Waals surface area contributed by atoms with Crippen molar-refractivity contribution in [2.24, 2.45) is 5.14 Å². The van der Waals surface area contributed by atoms with Crippen molar-refractivity contribution >= 4 is 21.5 Å². The van der Waals surface area contributed by atoms with Crippen molar-refractivity contribution in [3.63, 3.8) is 0 Å². The molecule has 0 saturated carbocycles. The van der Waals surface area contributed by atoms with Gasteiger partial charge in [0.25, 0.3) is 5.91 Å². The standard InChI is InChI=1S/C26H27N5O2S/c1-30(18-17-20-9-5-3-6-10-20)26(32)25-28-24(19-21-11-7-4-8-12-21)31(29-25)22-13-15-23(16-14-22)34(2,27)33/h3-16H,2,17-19H2,1H3,(H2,27,33). The lowest BCUT2D eigenvalue weighted by Crippen LogP contribution is -2.29. The van der Waals surface area contributed by atoms with Crippen LogP contribution in [0.1, 0.15) is 27.6 Å². The van der Waals surface area contributed by atoms with E-state index in [4.69, 9.17) is 5.14 Å². The van der Waals surface area contributed by atoms with E-state index in [0.717, 1.165) is 17.5 Å². The van der Waals surface area contributed by atoms with Gasteiger partial charge in [-0.25, -0.2) is 13.9 Å². The van der Waals surface area contributed by atoms with Crippen LogP contribution in [0.25, 0.3) is 5.69 Å². The zero-order chi connectivity index (χ0) is 24.1. The highest BCUT2D eigenvalue weighted by Gasteiger charge is 2.21. The molecule has 7 nitrogen and oxygen atoms in total. The molecule has 0 radical (unpaired) electrons. The average Bonchev–Trinajstić information content (AvgIpc) is 3.26. The zero-order valence-electron chi connectivity index (χ0n) is 19.0. The Morgan fingerprint density at radius 1 is 0.971 bits per heavy atom. The van der Waals surface area contributed by atoms with E-state index in [2.05, 4.69) is 16.0 Å². The predicted octanol–water partition coefficient (Wildman–Crippen LogP) is 3.12. The summed E-state index contributed by atoms with van der Waals surface area (Å²) in [6.45, 7) is 0.550. The second kappa shape index (κ2) is 10.0. The molecule has 1 amide bonds. The molecule has 4 rings (SSSR count). The van der Waals surface area contributed by atoms with Crippen LogP contribution in [0.3, 0.4) is 0 Å². The number of carbonyl (C=O) groups excluding carboxylic acids is 1. The van der Waals surface area contributed by atoms with Crippen molar-refractivity contribution in [1.29, 1.82) is 0 Å². The first-order chi connectivity index (χ1) is 16.3. The van der Waals surface area contributed by atoms with E-state index >= 15 is 0 Å². The number of nitrogens with zero attached hydrogens (tertiary/aromatic N) is 4. The molecule has 8 heteroatoms. The van der Waals surface area contributed by atoms with E-state index in [9.17, 15) is 9.00 Å². The van der Waals surface area contributed by atoms with Gasteiger partial charge in [-0.1, -0.05) is 60.7 Å². The lowest BCUT2D eigenvalue weighted by molar-refractivity contribution is 0.0784. The Balaban J connectivity index is 1.62. The van der Waals surface area contributed by atoms with E-state index in [1.54, 1.807) is 40.9 Å². The predicted molar refractivity (Wildman–Crippen MR) is 135 cm³/mol. The smallest absolute Gasteiger partial charge is 0.293 e. The highest BCUT2D eigenvalue weighted by Crippen LogP contribution is 2.17. The Morgan fingerprint density at radius 2 is 1.56 bits per heavy atom. The largest absolute Gasteiger partial charge is 0.339 e. The maximum Gasteiger partial charge on any atom is 0.293 e. The van der Waals surface area contributed by atoms with Crippen molar-refractivity contribution in [2.45, 2.75) is 17.7 Å². The molecule has 0 bridgehead atoms. The van der Waals surface area contributed by atoms with Crippen molar-refractivity contribution in [3.05, 3.63) is 108 Å². The molecule has 2 N–H and O–H groups in total. The van der Waals surface area contributed by atoms with Gasteiger partial charge in [0.15, 0.2) is 0 Å². The Bertz CT molecular complexity index is 1370. The molecule has 3 aromatic carbocycles. The first-order valence-electron chi connectivity index (χ1n) is 10.9. The summed E-state index contributed by atoms with van der Waals surface area (Å²) < 4.78 is 13.7. The first kappa shape index (κ1) is 23.4. The highest BCUT2D eigenvalue weighted by atomic mass is 32.2. The molecule has 0 spiro atoms. The molecule has 0 aliphatic carbocycles. The fourth-order valence-corrected chi connectivity index (χ4v) is 4.16. The molecule has 34 heavy (non-hydrogen) atoms. The Labute approximate surface area is 200 Å². The molecule has 0 aliphatic heterocycles. The van der Waals surface area contributed by atoms with Crippen LogP contribution in [0.2, 0.25) is 0 Å². The minimum atomic E-state index is -2.82. The van der Waals surface area contributed by atoms with E-state index < -0.39 is 9.71 Å². The summed E-state index contributed by atoms with van der Waals surface area (Å²) in [4.78, 5) is 19.8. The lowest BCUT2D eigenvalue weighted by atomic mass is 10.1. The number of hydrogen-bond acceptors (Lipinski definition) is 4. The Morgan fingerprint density at radius 3 is 2.15 bits per heavy atom. The Hall–Kier alpha value is -3.75. The average molecular weight is 474 g/mol. The van der Waals surface area contributed by atoms with Gasteiger partial charge >= 0.3 is 0 Å². The maximum absolute atomic E-state index is 13.1. The molecule has 4 aromatic rings. The lowest BCUT2D eigenvalue weighted by Gasteiger charge is -2.15. The third-order valence-corrected chi connectivity index (χ3v) is 6.55. The molecule has 0 saturated heterocycles. The van der Waals surface area contributed by atoms with Gasteiger partial charge in [-0.15, -0.1) is 5.10 Å². The Kier molecular flexibility index (Phi) is 6.90. The van der Waals surface area contributed by atoms with Gasteiger partial charge in [0, 0.05) is 24.9 Å². The summed E-state index contributed by atoms with van der Waals surface area (Å²) in [7, 11) is -1.06. The van der Waals surface area contributed by atoms with Crippen LogP contribution >= 0.6 is 0 Å². The second-order valence-corrected chi connectivity index (χ2v) is 10.0. The number of benzene rings is 3. The summed E-state index contributed by atoms with van der Waals surface area (Å²) in [6.07, 6.45) is 1.24. The van der Waals surface area contributed by atoms with Crippen LogP contribution in [-0.2, 0) is 22.5 Å². The monoisotopic (exact) mass is 473 g/mol. The van der Waals surface area contributed by atoms with Crippen LogP contribution in [-0.4, -0.2) is 49.2 Å². The highest BCUT2D eigenvalue weighted by molar-refractivity contribution is 7.98. The molecule has 1 unspecified atom stereocenters. The van der Waals surface area contributed by atoms with Gasteiger partial charge in [-0.3, -0.25) is 9.93 Å². The van der Waals surface area contributed by atoms with Crippen molar-refractivity contribution in [3.8, 4) is 5.69 Å². The number of carbonyl (C=O) groups is 1. The summed E-state index contributed by atoms with van der Waals surface area (Å²) in [5.41, 5.74) is 2.90. The van der Waals surface area contributed by atoms with Gasteiger partial charge in [0.1, 0.15) is 5.82 Å². The summed E-state index contributed by atoms with van der Waals surface area (Å²) in [5, 5.41) is 10.2. The quantitative estimate of drug-likeness (QED) is 0.398. The fourth-order valence-electron chi connectivity index (χ4n) is 3.57. The van der Waals surface area contributed by atoms with Gasteiger partial charge in [0.05, 0.1) is 15.4 Å². The van der Waals surface area contributed by atoms with E-state index in [1.165, 1.54) is 0 Å². The summed E-state index contributed by atoms with van der Waals surface area (Å²) in [6, 6.07) is 26.7. The van der Waals surface area contributed by atoms with Crippen LogP contribution in [0.15, 0.2) is 89.8 Å². The van der Waals surface area contributed by atoms with Crippen LogP contribution < -0.4 is 5.14 Å². The number of hydrogen-bond donors (Lipinski definition) is 1. The van der Waals surface area contributed by atoms with Gasteiger partial charge < -0.3 is 4.90 Å². The summed E-state index contributed by atoms with van der Waals surface area (Å²) in [5.74, 6) is 4.03. The van der Waals surface area contributed by atoms with Crippen LogP contribution in [0.4, 0.5) is 0 Å². The first-order valence-corrected chi connectivity index (χ1v) is 12.6. The number of likely N-dealkylation sites (N-methyl/N-ethyl adjacent to an activating group) is 1. The number of nitrogens with two attached hydrogens (primary N) is 1. The second-order valence-electron chi connectivity index (χ2n) is 8.11. The molecule has 1 aromatic heterocycles. The molecular formula is C26H27N5O2S. The molecule has 1 heterocycles. The minimum absolute atomic E-state index is 0.130. The van der Waals surface area contributed by atoms with Crippen molar-refractivity contribution < 1.29 is 9.00 Å². The molecule has 1 atom stereocenters. The van der Waals surface area contributed by atoms with Gasteiger partial charge in [-0.05, 0) is 47.7 Å². The number of rotatable bonds is 8. The van der Waals surface area contributed by atoms with E-state index in [0.29, 0.717) is 29.4 Å². The molecule has 0 fully saturated rings. The third-order valence-electron chi connectivity index (χ3n) is 5.48. The zero-order valence-corrected chi connectivity index (χ0v) is 19.8. The van der Waals surface area contributed by atoms with E-state index in [-0.39, 0.29) is 11.7 Å².